The first-order valence-corrected chi connectivity index (χ1v) is 8.54. The van der Waals surface area contributed by atoms with Crippen molar-refractivity contribution in [2.24, 2.45) is 0 Å². The van der Waals surface area contributed by atoms with Crippen LogP contribution < -0.4 is 14.7 Å². The maximum atomic E-state index is 13.2. The van der Waals surface area contributed by atoms with Crippen LogP contribution in [0.5, 0.6) is 0 Å². The third-order valence-corrected chi connectivity index (χ3v) is 4.41. The van der Waals surface area contributed by atoms with Crippen LogP contribution in [0.15, 0.2) is 10.6 Å². The van der Waals surface area contributed by atoms with Gasteiger partial charge in [0.05, 0.1) is 0 Å². The summed E-state index contributed by atoms with van der Waals surface area (Å²) in [4.78, 5) is 17.4. The molecule has 8 nitrogen and oxygen atoms in total. The van der Waals surface area contributed by atoms with Crippen LogP contribution in [-0.2, 0) is 6.18 Å². The molecule has 3 heterocycles. The highest BCUT2D eigenvalue weighted by atomic mass is 19.4. The Balaban J connectivity index is 1.76. The normalized spacial score (nSPS) is 15.9. The van der Waals surface area contributed by atoms with E-state index in [0.29, 0.717) is 37.8 Å². The Morgan fingerprint density at radius 3 is 2.22 bits per heavy atom. The van der Waals surface area contributed by atoms with E-state index in [2.05, 4.69) is 20.1 Å². The molecule has 27 heavy (non-hydrogen) atoms. The summed E-state index contributed by atoms with van der Waals surface area (Å²) in [7, 11) is 6.95. The van der Waals surface area contributed by atoms with E-state index in [1.54, 1.807) is 23.9 Å². The van der Waals surface area contributed by atoms with Gasteiger partial charge in [-0.25, -0.2) is 4.98 Å². The molecule has 148 valence electrons. The van der Waals surface area contributed by atoms with Crippen molar-refractivity contribution >= 4 is 17.7 Å². The quantitative estimate of drug-likeness (QED) is 0.794. The summed E-state index contributed by atoms with van der Waals surface area (Å²) >= 11 is 0. The standard InChI is InChI=1S/C16H22F3N7O/c1-24(2)12-9-11(16(17,18)19)20-14(21-12)26-7-5-10(6-8-26)13-22-15(23-27-13)25(3)4/h9-10H,5-8H2,1-4H3. The molecule has 0 atom stereocenters. The average molecular weight is 385 g/mol. The molecule has 3 rings (SSSR count). The summed E-state index contributed by atoms with van der Waals surface area (Å²) in [5.41, 5.74) is -0.939. The van der Waals surface area contributed by atoms with Crippen LogP contribution >= 0.6 is 0 Å². The van der Waals surface area contributed by atoms with Crippen molar-refractivity contribution in [2.75, 3.05) is 56.0 Å². The van der Waals surface area contributed by atoms with Gasteiger partial charge >= 0.3 is 6.18 Å². The van der Waals surface area contributed by atoms with Crippen molar-refractivity contribution in [3.05, 3.63) is 17.7 Å². The summed E-state index contributed by atoms with van der Waals surface area (Å²) in [5, 5.41) is 3.91. The molecule has 0 bridgehead atoms. The maximum absolute atomic E-state index is 13.2. The fraction of sp³-hybridized carbons (Fsp3) is 0.625. The summed E-state index contributed by atoms with van der Waals surface area (Å²) in [6, 6.07) is 0.956. The first-order chi connectivity index (χ1) is 12.6. The second-order valence-corrected chi connectivity index (χ2v) is 6.89. The van der Waals surface area contributed by atoms with Crippen LogP contribution in [0, 0.1) is 0 Å². The molecule has 0 spiro atoms. The van der Waals surface area contributed by atoms with Gasteiger partial charge < -0.3 is 19.2 Å². The molecule has 2 aromatic rings. The lowest BCUT2D eigenvalue weighted by atomic mass is 9.97. The van der Waals surface area contributed by atoms with Crippen LogP contribution in [0.4, 0.5) is 30.9 Å². The smallest absolute Gasteiger partial charge is 0.363 e. The molecule has 11 heteroatoms. The van der Waals surface area contributed by atoms with Gasteiger partial charge in [0.15, 0.2) is 5.69 Å². The van der Waals surface area contributed by atoms with Gasteiger partial charge in [-0.1, -0.05) is 0 Å². The lowest BCUT2D eigenvalue weighted by Crippen LogP contribution is -2.35. The molecule has 1 aliphatic heterocycles. The molecule has 1 saturated heterocycles. The van der Waals surface area contributed by atoms with Crippen LogP contribution in [0.1, 0.15) is 30.3 Å². The highest BCUT2D eigenvalue weighted by Crippen LogP contribution is 2.33. The van der Waals surface area contributed by atoms with E-state index in [0.717, 1.165) is 6.07 Å². The lowest BCUT2D eigenvalue weighted by molar-refractivity contribution is -0.141. The van der Waals surface area contributed by atoms with E-state index < -0.39 is 11.9 Å². The summed E-state index contributed by atoms with van der Waals surface area (Å²) in [5.74, 6) is 1.44. The van der Waals surface area contributed by atoms with Gasteiger partial charge in [-0.2, -0.15) is 23.1 Å². The van der Waals surface area contributed by atoms with Gasteiger partial charge in [0.2, 0.25) is 11.8 Å². The highest BCUT2D eigenvalue weighted by molar-refractivity contribution is 5.46. The fourth-order valence-electron chi connectivity index (χ4n) is 2.84. The SMILES string of the molecule is CN(C)c1cc(C(F)(F)F)nc(N2CCC(c3nc(N(C)C)no3)CC2)n1. The number of hydrogen-bond acceptors (Lipinski definition) is 8. The lowest BCUT2D eigenvalue weighted by Gasteiger charge is -2.31. The molecule has 2 aromatic heterocycles. The zero-order chi connectivity index (χ0) is 19.8. The van der Waals surface area contributed by atoms with E-state index in [-0.39, 0.29) is 17.7 Å². The fourth-order valence-corrected chi connectivity index (χ4v) is 2.84. The Kier molecular flexibility index (Phi) is 5.11. The van der Waals surface area contributed by atoms with E-state index in [1.165, 1.54) is 4.90 Å². The van der Waals surface area contributed by atoms with Crippen molar-refractivity contribution in [1.82, 2.24) is 20.1 Å². The van der Waals surface area contributed by atoms with Crippen molar-refractivity contribution < 1.29 is 17.7 Å². The monoisotopic (exact) mass is 385 g/mol. The Labute approximate surface area is 155 Å². The Morgan fingerprint density at radius 1 is 1.04 bits per heavy atom. The van der Waals surface area contributed by atoms with Crippen LogP contribution in [0.3, 0.4) is 0 Å². The van der Waals surface area contributed by atoms with Crippen LogP contribution in [0.25, 0.3) is 0 Å². The minimum absolute atomic E-state index is 0.0709. The second-order valence-electron chi connectivity index (χ2n) is 6.89. The van der Waals surface area contributed by atoms with Crippen molar-refractivity contribution in [3.63, 3.8) is 0 Å². The molecule has 0 radical (unpaired) electrons. The first-order valence-electron chi connectivity index (χ1n) is 8.54. The molecule has 1 aliphatic rings. The van der Waals surface area contributed by atoms with Crippen LogP contribution in [-0.4, -0.2) is 61.4 Å². The summed E-state index contributed by atoms with van der Waals surface area (Å²) < 4.78 is 44.8. The van der Waals surface area contributed by atoms with E-state index in [4.69, 9.17) is 4.52 Å². The number of halogens is 3. The van der Waals surface area contributed by atoms with E-state index >= 15 is 0 Å². The zero-order valence-electron chi connectivity index (χ0n) is 15.7. The van der Waals surface area contributed by atoms with Crippen molar-refractivity contribution in [3.8, 4) is 0 Å². The van der Waals surface area contributed by atoms with Gasteiger partial charge in [-0.15, -0.1) is 0 Å². The minimum atomic E-state index is -4.52. The molecule has 0 N–H and O–H groups in total. The number of piperidine rings is 1. The van der Waals surface area contributed by atoms with Gasteiger partial charge in [-0.05, 0) is 18.0 Å². The summed E-state index contributed by atoms with van der Waals surface area (Å²) in [6.45, 7) is 1.02. The molecular weight excluding hydrogens is 363 g/mol. The zero-order valence-corrected chi connectivity index (χ0v) is 15.7. The molecule has 0 aliphatic carbocycles. The number of anilines is 3. The Morgan fingerprint density at radius 2 is 1.70 bits per heavy atom. The topological polar surface area (TPSA) is 74.4 Å². The number of aromatic nitrogens is 4. The van der Waals surface area contributed by atoms with Gasteiger partial charge in [0.1, 0.15) is 5.82 Å². The Hall–Kier alpha value is -2.59. The predicted octanol–water partition coefficient (Wildman–Crippen LogP) is 2.39. The summed E-state index contributed by atoms with van der Waals surface area (Å²) in [6.07, 6.45) is -3.18. The number of alkyl halides is 3. The second kappa shape index (κ2) is 7.20. The van der Waals surface area contributed by atoms with Crippen LogP contribution in [0.2, 0.25) is 0 Å². The first kappa shape index (κ1) is 19.2. The Bertz CT molecular complexity index is 783. The van der Waals surface area contributed by atoms with Gasteiger partial charge in [-0.3, -0.25) is 0 Å². The van der Waals surface area contributed by atoms with E-state index in [9.17, 15) is 13.2 Å². The van der Waals surface area contributed by atoms with Gasteiger partial charge in [0, 0.05) is 53.3 Å². The van der Waals surface area contributed by atoms with Gasteiger partial charge in [0.25, 0.3) is 5.95 Å². The predicted molar refractivity (Wildman–Crippen MR) is 94.2 cm³/mol. The maximum Gasteiger partial charge on any atom is 0.433 e. The number of hydrogen-bond donors (Lipinski definition) is 0. The van der Waals surface area contributed by atoms with Crippen molar-refractivity contribution in [2.45, 2.75) is 24.9 Å². The number of rotatable bonds is 4. The molecular formula is C16H22F3N7O. The third kappa shape index (κ3) is 4.22. The third-order valence-electron chi connectivity index (χ3n) is 4.41. The molecule has 1 fully saturated rings. The molecule has 0 unspecified atom stereocenters. The largest absolute Gasteiger partial charge is 0.433 e. The molecule has 0 aromatic carbocycles. The minimum Gasteiger partial charge on any atom is -0.363 e. The average Bonchev–Trinajstić information content (AvgIpc) is 3.11. The molecule has 0 saturated carbocycles. The highest BCUT2D eigenvalue weighted by Gasteiger charge is 2.35. The number of nitrogens with zero attached hydrogens (tertiary/aromatic N) is 7. The van der Waals surface area contributed by atoms with Crippen molar-refractivity contribution in [1.29, 1.82) is 0 Å². The molecule has 0 amide bonds. The van der Waals surface area contributed by atoms with E-state index in [1.807, 2.05) is 14.1 Å².